The summed E-state index contributed by atoms with van der Waals surface area (Å²) in [5.41, 5.74) is 7.24. The number of piperidine rings is 1. The first-order valence-corrected chi connectivity index (χ1v) is 13.5. The van der Waals surface area contributed by atoms with E-state index in [2.05, 4.69) is 77.2 Å². The molecule has 3 aromatic rings. The van der Waals surface area contributed by atoms with Crippen LogP contribution >= 0.6 is 0 Å². The highest BCUT2D eigenvalue weighted by Crippen LogP contribution is 2.34. The molecule has 1 amide bonds. The van der Waals surface area contributed by atoms with Crippen molar-refractivity contribution in [1.29, 1.82) is 0 Å². The minimum atomic E-state index is 0.0223. The molecule has 0 radical (unpaired) electrons. The van der Waals surface area contributed by atoms with E-state index in [1.54, 1.807) is 0 Å². The first-order valence-electron chi connectivity index (χ1n) is 13.5. The van der Waals surface area contributed by atoms with Crippen molar-refractivity contribution in [3.8, 4) is 16.9 Å². The van der Waals surface area contributed by atoms with Crippen LogP contribution in [0.15, 0.2) is 60.7 Å². The van der Waals surface area contributed by atoms with Crippen LogP contribution in [0.4, 0.5) is 0 Å². The number of likely N-dealkylation sites (tertiary alicyclic amines) is 1. The van der Waals surface area contributed by atoms with E-state index in [1.807, 2.05) is 12.1 Å². The molecular weight excluding hydrogens is 430 g/mol. The Kier molecular flexibility index (Phi) is 7.38. The number of carbonyl (C=O) groups is 1. The quantitative estimate of drug-likeness (QED) is 0.406. The first-order chi connectivity index (χ1) is 17.1. The minimum Gasteiger partial charge on any atom is -0.352 e. The van der Waals surface area contributed by atoms with E-state index < -0.39 is 0 Å². The first kappa shape index (κ1) is 23.9. The van der Waals surface area contributed by atoms with Crippen LogP contribution < -0.4 is 5.32 Å². The van der Waals surface area contributed by atoms with Crippen molar-refractivity contribution >= 4 is 5.91 Å². The Hall–Kier alpha value is -2.85. The van der Waals surface area contributed by atoms with Crippen molar-refractivity contribution in [2.75, 3.05) is 13.1 Å². The van der Waals surface area contributed by atoms with Crippen LogP contribution in [-0.4, -0.2) is 40.5 Å². The lowest BCUT2D eigenvalue weighted by atomic mass is 9.97. The molecule has 0 bridgehead atoms. The Balaban J connectivity index is 1.26. The highest BCUT2D eigenvalue weighted by atomic mass is 16.1. The molecule has 2 aromatic carbocycles. The van der Waals surface area contributed by atoms with Gasteiger partial charge in [0.15, 0.2) is 0 Å². The third-order valence-electron chi connectivity index (χ3n) is 8.01. The molecule has 5 rings (SSSR count). The van der Waals surface area contributed by atoms with Crippen molar-refractivity contribution in [2.24, 2.45) is 0 Å². The van der Waals surface area contributed by atoms with Crippen LogP contribution in [0.2, 0.25) is 0 Å². The van der Waals surface area contributed by atoms with E-state index >= 15 is 0 Å². The maximum Gasteiger partial charge on any atom is 0.251 e. The van der Waals surface area contributed by atoms with Gasteiger partial charge in [0.05, 0.1) is 5.69 Å². The number of fused-ring (bicyclic) bond motifs is 1. The maximum atomic E-state index is 12.8. The standard InChI is InChI=1S/C31H39N3O/c1-23-10-8-11-24(2)33(23)21-9-20-32-31(35)26-16-18-28(19-17-26)34-29-15-7-6-14-27(29)22-30(34)25-12-4-3-5-13-25/h3-5,12-13,16-19,22-24H,6-11,14-15,20-21H2,1-2H3,(H,32,35). The highest BCUT2D eigenvalue weighted by molar-refractivity contribution is 5.94. The van der Waals surface area contributed by atoms with E-state index in [4.69, 9.17) is 0 Å². The lowest BCUT2D eigenvalue weighted by Crippen LogP contribution is -2.44. The molecule has 4 heteroatoms. The average Bonchev–Trinajstić information content (AvgIpc) is 3.28. The van der Waals surface area contributed by atoms with Gasteiger partial charge in [-0.05, 0) is 100 Å². The molecular formula is C31H39N3O. The number of aromatic nitrogens is 1. The second kappa shape index (κ2) is 10.8. The van der Waals surface area contributed by atoms with E-state index in [1.165, 1.54) is 54.6 Å². The number of rotatable bonds is 7. The second-order valence-electron chi connectivity index (χ2n) is 10.4. The highest BCUT2D eigenvalue weighted by Gasteiger charge is 2.24. The van der Waals surface area contributed by atoms with Crippen molar-refractivity contribution in [3.05, 3.63) is 77.5 Å². The van der Waals surface area contributed by atoms with Crippen molar-refractivity contribution in [1.82, 2.24) is 14.8 Å². The molecule has 35 heavy (non-hydrogen) atoms. The van der Waals surface area contributed by atoms with Gasteiger partial charge in [0.2, 0.25) is 0 Å². The van der Waals surface area contributed by atoms with Crippen LogP contribution in [0.3, 0.4) is 0 Å². The van der Waals surface area contributed by atoms with E-state index in [-0.39, 0.29) is 5.91 Å². The normalized spacial score (nSPS) is 20.4. The molecule has 1 aliphatic carbocycles. The van der Waals surface area contributed by atoms with Crippen LogP contribution in [-0.2, 0) is 12.8 Å². The molecule has 1 saturated heterocycles. The lowest BCUT2D eigenvalue weighted by Gasteiger charge is -2.39. The number of aryl methyl sites for hydroxylation is 1. The largest absolute Gasteiger partial charge is 0.352 e. The monoisotopic (exact) mass is 469 g/mol. The lowest BCUT2D eigenvalue weighted by molar-refractivity contribution is 0.0925. The molecule has 1 aliphatic heterocycles. The van der Waals surface area contributed by atoms with Gasteiger partial charge in [0.1, 0.15) is 0 Å². The molecule has 0 spiro atoms. The van der Waals surface area contributed by atoms with Gasteiger partial charge < -0.3 is 9.88 Å². The Morgan fingerprint density at radius 3 is 2.37 bits per heavy atom. The van der Waals surface area contributed by atoms with Crippen LogP contribution in [0.25, 0.3) is 16.9 Å². The number of nitrogens with one attached hydrogen (secondary N) is 1. The molecule has 2 heterocycles. The van der Waals surface area contributed by atoms with E-state index in [0.29, 0.717) is 12.1 Å². The molecule has 2 atom stereocenters. The summed E-state index contributed by atoms with van der Waals surface area (Å²) in [6.45, 7) is 6.45. The fourth-order valence-corrected chi connectivity index (χ4v) is 6.06. The second-order valence-corrected chi connectivity index (χ2v) is 10.4. The van der Waals surface area contributed by atoms with Gasteiger partial charge in [-0.3, -0.25) is 9.69 Å². The number of benzene rings is 2. The zero-order valence-electron chi connectivity index (χ0n) is 21.3. The topological polar surface area (TPSA) is 37.3 Å². The Labute approximate surface area is 210 Å². The smallest absolute Gasteiger partial charge is 0.251 e. The predicted molar refractivity (Wildman–Crippen MR) is 144 cm³/mol. The Morgan fingerprint density at radius 2 is 1.63 bits per heavy atom. The Morgan fingerprint density at radius 1 is 0.914 bits per heavy atom. The molecule has 1 N–H and O–H groups in total. The number of carbonyl (C=O) groups excluding carboxylic acids is 1. The Bertz CT molecular complexity index is 1120. The summed E-state index contributed by atoms with van der Waals surface area (Å²) in [4.78, 5) is 15.4. The fourth-order valence-electron chi connectivity index (χ4n) is 6.06. The van der Waals surface area contributed by atoms with Crippen molar-refractivity contribution in [2.45, 2.75) is 77.3 Å². The molecule has 184 valence electrons. The van der Waals surface area contributed by atoms with Gasteiger partial charge >= 0.3 is 0 Å². The average molecular weight is 470 g/mol. The van der Waals surface area contributed by atoms with Gasteiger partial charge in [-0.2, -0.15) is 0 Å². The summed E-state index contributed by atoms with van der Waals surface area (Å²) in [6, 6.07) is 22.5. The SMILES string of the molecule is CC1CCCC(C)N1CCCNC(=O)c1ccc(-n2c(-c3ccccc3)cc3c2CCCC3)cc1. The summed E-state index contributed by atoms with van der Waals surface area (Å²) >= 11 is 0. The number of hydrogen-bond donors (Lipinski definition) is 1. The number of hydrogen-bond acceptors (Lipinski definition) is 2. The third-order valence-corrected chi connectivity index (χ3v) is 8.01. The molecule has 1 aromatic heterocycles. The molecule has 1 fully saturated rings. The summed E-state index contributed by atoms with van der Waals surface area (Å²) in [5, 5.41) is 3.14. The van der Waals surface area contributed by atoms with E-state index in [9.17, 15) is 4.79 Å². The number of amides is 1. The van der Waals surface area contributed by atoms with Crippen LogP contribution in [0.5, 0.6) is 0 Å². The summed E-state index contributed by atoms with van der Waals surface area (Å²) in [6.07, 6.45) is 9.68. The maximum absolute atomic E-state index is 12.8. The number of nitrogens with zero attached hydrogens (tertiary/aromatic N) is 2. The summed E-state index contributed by atoms with van der Waals surface area (Å²) < 4.78 is 2.41. The molecule has 0 saturated carbocycles. The summed E-state index contributed by atoms with van der Waals surface area (Å²) in [7, 11) is 0. The minimum absolute atomic E-state index is 0.0223. The van der Waals surface area contributed by atoms with Crippen molar-refractivity contribution < 1.29 is 4.79 Å². The van der Waals surface area contributed by atoms with E-state index in [0.717, 1.165) is 43.6 Å². The molecule has 4 nitrogen and oxygen atoms in total. The predicted octanol–water partition coefficient (Wildman–Crippen LogP) is 6.41. The van der Waals surface area contributed by atoms with Gasteiger partial charge in [-0.1, -0.05) is 36.8 Å². The zero-order valence-corrected chi connectivity index (χ0v) is 21.3. The van der Waals surface area contributed by atoms with Crippen LogP contribution in [0, 0.1) is 0 Å². The van der Waals surface area contributed by atoms with Gasteiger partial charge in [-0.15, -0.1) is 0 Å². The van der Waals surface area contributed by atoms with Gasteiger partial charge in [-0.25, -0.2) is 0 Å². The summed E-state index contributed by atoms with van der Waals surface area (Å²) in [5.74, 6) is 0.0223. The molecule has 2 unspecified atom stereocenters. The fraction of sp³-hybridized carbons (Fsp3) is 0.452. The zero-order chi connectivity index (χ0) is 24.2. The molecule has 2 aliphatic rings. The van der Waals surface area contributed by atoms with Crippen LogP contribution in [0.1, 0.15) is 74.0 Å². The third kappa shape index (κ3) is 5.23. The van der Waals surface area contributed by atoms with Crippen molar-refractivity contribution in [3.63, 3.8) is 0 Å². The van der Waals surface area contributed by atoms with Gasteiger partial charge in [0.25, 0.3) is 5.91 Å². The van der Waals surface area contributed by atoms with Gasteiger partial charge in [0, 0.05) is 42.1 Å².